The zero-order chi connectivity index (χ0) is 12.2. The van der Waals surface area contributed by atoms with Crippen LogP contribution in [-0.2, 0) is 6.54 Å². The molecule has 0 spiro atoms. The Morgan fingerprint density at radius 3 is 2.78 bits per heavy atom. The Morgan fingerprint density at radius 1 is 1.11 bits per heavy atom. The van der Waals surface area contributed by atoms with Crippen LogP contribution in [0.5, 0.6) is 0 Å². The Bertz CT molecular complexity index is 481. The van der Waals surface area contributed by atoms with Crippen molar-refractivity contribution in [1.29, 1.82) is 0 Å². The van der Waals surface area contributed by atoms with Crippen molar-refractivity contribution in [3.05, 3.63) is 66.0 Å². The van der Waals surface area contributed by atoms with E-state index in [2.05, 4.69) is 46.3 Å². The topological polar surface area (TPSA) is 16.1 Å². The van der Waals surface area contributed by atoms with Crippen LogP contribution in [0.4, 0.5) is 0 Å². The van der Waals surface area contributed by atoms with Gasteiger partial charge in [0, 0.05) is 25.0 Å². The lowest BCUT2D eigenvalue weighted by molar-refractivity contribution is 0.248. The molecule has 2 heterocycles. The summed E-state index contributed by atoms with van der Waals surface area (Å²) in [6.07, 6.45) is 6.39. The predicted octanol–water partition coefficient (Wildman–Crippen LogP) is 3.42. The Kier molecular flexibility index (Phi) is 3.37. The van der Waals surface area contributed by atoms with Crippen molar-refractivity contribution in [2.24, 2.45) is 0 Å². The molecule has 0 N–H and O–H groups in total. The van der Waals surface area contributed by atoms with Gasteiger partial charge < -0.3 is 0 Å². The standard InChI is InChI=1S/C16H18N2/c1-2-6-14(7-3-1)13-18-11-5-9-16(18)15-8-4-10-17-12-15/h1-4,6-8,10,12,16H,5,9,11,13H2/t16-/m0/s1. The fourth-order valence-corrected chi connectivity index (χ4v) is 2.78. The highest BCUT2D eigenvalue weighted by atomic mass is 15.2. The quantitative estimate of drug-likeness (QED) is 0.814. The van der Waals surface area contributed by atoms with Crippen molar-refractivity contribution in [1.82, 2.24) is 9.88 Å². The molecular formula is C16H18N2. The summed E-state index contributed by atoms with van der Waals surface area (Å²) in [5, 5.41) is 0. The van der Waals surface area contributed by atoms with Crippen LogP contribution in [0, 0.1) is 0 Å². The molecule has 18 heavy (non-hydrogen) atoms. The minimum atomic E-state index is 0.541. The second-order valence-electron chi connectivity index (χ2n) is 4.90. The Morgan fingerprint density at radius 2 is 2.00 bits per heavy atom. The fourth-order valence-electron chi connectivity index (χ4n) is 2.78. The Labute approximate surface area is 108 Å². The second kappa shape index (κ2) is 5.32. The van der Waals surface area contributed by atoms with Crippen molar-refractivity contribution in [3.63, 3.8) is 0 Å². The van der Waals surface area contributed by atoms with E-state index in [1.165, 1.54) is 30.5 Å². The van der Waals surface area contributed by atoms with Gasteiger partial charge in [-0.2, -0.15) is 0 Å². The highest BCUT2D eigenvalue weighted by Crippen LogP contribution is 2.32. The van der Waals surface area contributed by atoms with Crippen LogP contribution in [0.2, 0.25) is 0 Å². The van der Waals surface area contributed by atoms with Crippen molar-refractivity contribution >= 4 is 0 Å². The van der Waals surface area contributed by atoms with Gasteiger partial charge in [0.25, 0.3) is 0 Å². The maximum absolute atomic E-state index is 4.24. The molecule has 0 unspecified atom stereocenters. The smallest absolute Gasteiger partial charge is 0.0367 e. The van der Waals surface area contributed by atoms with E-state index in [-0.39, 0.29) is 0 Å². The summed E-state index contributed by atoms with van der Waals surface area (Å²) in [4.78, 5) is 6.81. The number of nitrogens with zero attached hydrogens (tertiary/aromatic N) is 2. The van der Waals surface area contributed by atoms with Gasteiger partial charge in [-0.15, -0.1) is 0 Å². The van der Waals surface area contributed by atoms with E-state index in [9.17, 15) is 0 Å². The van der Waals surface area contributed by atoms with Crippen molar-refractivity contribution in [2.45, 2.75) is 25.4 Å². The summed E-state index contributed by atoms with van der Waals surface area (Å²) in [5.41, 5.74) is 2.75. The molecule has 1 aromatic heterocycles. The normalized spacial score (nSPS) is 20.1. The molecule has 1 atom stereocenters. The van der Waals surface area contributed by atoms with Crippen molar-refractivity contribution < 1.29 is 0 Å². The number of hydrogen-bond donors (Lipinski definition) is 0. The SMILES string of the molecule is c1ccc(CN2CCC[C@H]2c2cccnc2)cc1. The van der Waals surface area contributed by atoms with E-state index in [0.717, 1.165) is 6.54 Å². The maximum atomic E-state index is 4.24. The van der Waals surface area contributed by atoms with Gasteiger partial charge in [-0.05, 0) is 36.6 Å². The molecule has 0 amide bonds. The molecule has 2 aromatic rings. The zero-order valence-electron chi connectivity index (χ0n) is 10.5. The minimum Gasteiger partial charge on any atom is -0.292 e. The highest BCUT2D eigenvalue weighted by molar-refractivity contribution is 5.18. The van der Waals surface area contributed by atoms with E-state index in [4.69, 9.17) is 0 Å². The summed E-state index contributed by atoms with van der Waals surface area (Å²) in [6.45, 7) is 2.23. The molecule has 0 bridgehead atoms. The van der Waals surface area contributed by atoms with Gasteiger partial charge in [0.2, 0.25) is 0 Å². The summed E-state index contributed by atoms with van der Waals surface area (Å²) in [7, 11) is 0. The van der Waals surface area contributed by atoms with E-state index < -0.39 is 0 Å². The zero-order valence-corrected chi connectivity index (χ0v) is 10.5. The van der Waals surface area contributed by atoms with Crippen LogP contribution in [0.3, 0.4) is 0 Å². The average molecular weight is 238 g/mol. The largest absolute Gasteiger partial charge is 0.292 e. The number of pyridine rings is 1. The van der Waals surface area contributed by atoms with E-state index >= 15 is 0 Å². The first-order valence-electron chi connectivity index (χ1n) is 6.61. The number of likely N-dealkylation sites (tertiary alicyclic amines) is 1. The lowest BCUT2D eigenvalue weighted by atomic mass is 10.1. The number of rotatable bonds is 3. The van der Waals surface area contributed by atoms with Crippen LogP contribution in [-0.4, -0.2) is 16.4 Å². The Hall–Kier alpha value is -1.67. The maximum Gasteiger partial charge on any atom is 0.0367 e. The molecule has 1 aromatic carbocycles. The van der Waals surface area contributed by atoms with E-state index in [1.54, 1.807) is 0 Å². The second-order valence-corrected chi connectivity index (χ2v) is 4.90. The van der Waals surface area contributed by atoms with Crippen molar-refractivity contribution in [2.75, 3.05) is 6.54 Å². The van der Waals surface area contributed by atoms with E-state index in [1.807, 2.05) is 18.5 Å². The molecule has 2 nitrogen and oxygen atoms in total. The van der Waals surface area contributed by atoms with E-state index in [0.29, 0.717) is 6.04 Å². The highest BCUT2D eigenvalue weighted by Gasteiger charge is 2.25. The number of benzene rings is 1. The van der Waals surface area contributed by atoms with Gasteiger partial charge in [-0.3, -0.25) is 9.88 Å². The third-order valence-corrected chi connectivity index (χ3v) is 3.66. The lowest BCUT2D eigenvalue weighted by Gasteiger charge is -2.24. The van der Waals surface area contributed by atoms with Gasteiger partial charge in [-0.1, -0.05) is 36.4 Å². The van der Waals surface area contributed by atoms with Crippen molar-refractivity contribution in [3.8, 4) is 0 Å². The molecule has 0 saturated carbocycles. The molecule has 1 fully saturated rings. The first kappa shape index (κ1) is 11.4. The first-order chi connectivity index (χ1) is 8.93. The molecular weight excluding hydrogens is 220 g/mol. The van der Waals surface area contributed by atoms with Gasteiger partial charge >= 0.3 is 0 Å². The molecule has 2 heteroatoms. The summed E-state index contributed by atoms with van der Waals surface area (Å²) in [6, 6.07) is 15.5. The number of aromatic nitrogens is 1. The van der Waals surface area contributed by atoms with Gasteiger partial charge in [0.1, 0.15) is 0 Å². The van der Waals surface area contributed by atoms with Crippen LogP contribution in [0.25, 0.3) is 0 Å². The Balaban J connectivity index is 1.76. The van der Waals surface area contributed by atoms with Gasteiger partial charge in [0.15, 0.2) is 0 Å². The molecule has 1 saturated heterocycles. The van der Waals surface area contributed by atoms with Gasteiger partial charge in [0.05, 0.1) is 0 Å². The summed E-state index contributed by atoms with van der Waals surface area (Å²) in [5.74, 6) is 0. The number of hydrogen-bond acceptors (Lipinski definition) is 2. The monoisotopic (exact) mass is 238 g/mol. The fraction of sp³-hybridized carbons (Fsp3) is 0.312. The molecule has 0 aliphatic carbocycles. The third kappa shape index (κ3) is 2.44. The summed E-state index contributed by atoms with van der Waals surface area (Å²) < 4.78 is 0. The average Bonchev–Trinajstić information content (AvgIpc) is 2.89. The molecule has 1 aliphatic heterocycles. The van der Waals surface area contributed by atoms with Crippen LogP contribution in [0.15, 0.2) is 54.9 Å². The van der Waals surface area contributed by atoms with Crippen LogP contribution >= 0.6 is 0 Å². The summed E-state index contributed by atoms with van der Waals surface area (Å²) >= 11 is 0. The predicted molar refractivity (Wildman–Crippen MR) is 73.1 cm³/mol. The molecule has 0 radical (unpaired) electrons. The molecule has 92 valence electrons. The minimum absolute atomic E-state index is 0.541. The molecule has 3 rings (SSSR count). The van der Waals surface area contributed by atoms with Gasteiger partial charge in [-0.25, -0.2) is 0 Å². The third-order valence-electron chi connectivity index (χ3n) is 3.66. The lowest BCUT2D eigenvalue weighted by Crippen LogP contribution is -2.22. The first-order valence-corrected chi connectivity index (χ1v) is 6.61. The van der Waals surface area contributed by atoms with Crippen LogP contribution in [0.1, 0.15) is 30.0 Å². The van der Waals surface area contributed by atoms with Crippen LogP contribution < -0.4 is 0 Å². The molecule has 1 aliphatic rings.